The van der Waals surface area contributed by atoms with E-state index >= 15 is 0 Å². The van der Waals surface area contributed by atoms with Crippen LogP contribution < -0.4 is 0 Å². The molecule has 0 aromatic heterocycles. The van der Waals surface area contributed by atoms with Crippen LogP contribution in [0.1, 0.15) is 0 Å². The predicted molar refractivity (Wildman–Crippen MR) is 36.2 cm³/mol. The smallest absolute Gasteiger partial charge is 0.234 e. The van der Waals surface area contributed by atoms with Crippen molar-refractivity contribution in [3.63, 3.8) is 0 Å². The highest BCUT2D eigenvalue weighted by atomic mass is 28.2. The third kappa shape index (κ3) is 3.72. The first-order valence-electron chi connectivity index (χ1n) is 2.51. The molecule has 0 aliphatic heterocycles. The molecule has 0 aliphatic rings. The van der Waals surface area contributed by atoms with Gasteiger partial charge in [0.25, 0.3) is 0 Å². The van der Waals surface area contributed by atoms with Gasteiger partial charge >= 0.3 is 0 Å². The van der Waals surface area contributed by atoms with E-state index in [9.17, 15) is 9.59 Å². The zero-order valence-electron chi connectivity index (χ0n) is 5.57. The average Bonchev–Trinajstić information content (AvgIpc) is 1.87. The number of carbonyl (C=O) groups is 2. The van der Waals surface area contributed by atoms with Crippen molar-refractivity contribution in [1.82, 2.24) is 9.13 Å². The van der Waals surface area contributed by atoms with Crippen LogP contribution in [0.4, 0.5) is 0 Å². The molecule has 0 spiro atoms. The Balaban J connectivity index is 3.45. The van der Waals surface area contributed by atoms with Gasteiger partial charge in [0.05, 0.1) is 0 Å². The van der Waals surface area contributed by atoms with E-state index < -0.39 is 9.84 Å². The minimum Gasteiger partial charge on any atom is -0.362 e. The molecule has 0 atom stereocenters. The Labute approximate surface area is 56.4 Å². The summed E-state index contributed by atoms with van der Waals surface area (Å²) in [6.07, 6.45) is 1.46. The molecule has 2 amide bonds. The van der Waals surface area contributed by atoms with Crippen LogP contribution in [0.3, 0.4) is 0 Å². The average molecular weight is 146 g/mol. The van der Waals surface area contributed by atoms with E-state index in [1.165, 1.54) is 9.13 Å². The van der Waals surface area contributed by atoms with Gasteiger partial charge in [-0.3, -0.25) is 9.59 Å². The van der Waals surface area contributed by atoms with Gasteiger partial charge in [-0.25, -0.2) is 0 Å². The van der Waals surface area contributed by atoms with Crippen LogP contribution in [0.5, 0.6) is 0 Å². The first kappa shape index (κ1) is 8.16. The minimum absolute atomic E-state index is 0.728. The number of hydrogen-bond acceptors (Lipinski definition) is 2. The van der Waals surface area contributed by atoms with Gasteiger partial charge in [-0.15, -0.1) is 0 Å². The van der Waals surface area contributed by atoms with E-state index in [1.807, 2.05) is 0 Å². The molecule has 0 rings (SSSR count). The van der Waals surface area contributed by atoms with Crippen LogP contribution in [0.2, 0.25) is 0 Å². The summed E-state index contributed by atoms with van der Waals surface area (Å²) in [6.45, 7) is 0. The second kappa shape index (κ2) is 4.08. The monoisotopic (exact) mass is 146 g/mol. The van der Waals surface area contributed by atoms with Crippen molar-refractivity contribution < 1.29 is 9.59 Å². The summed E-state index contributed by atoms with van der Waals surface area (Å²) >= 11 is 0. The number of hydrogen-bond donors (Lipinski definition) is 0. The van der Waals surface area contributed by atoms with Crippen molar-refractivity contribution >= 4 is 22.7 Å². The molecule has 0 unspecified atom stereocenters. The van der Waals surface area contributed by atoms with Gasteiger partial charge in [0.15, 0.2) is 0 Å². The number of amides is 2. The molecule has 5 heteroatoms. The van der Waals surface area contributed by atoms with E-state index in [-0.39, 0.29) is 0 Å². The lowest BCUT2D eigenvalue weighted by Gasteiger charge is -2.15. The van der Waals surface area contributed by atoms with E-state index in [0.717, 1.165) is 12.8 Å². The third-order valence-corrected chi connectivity index (χ3v) is 2.00. The first-order chi connectivity index (χ1) is 4.20. The molecule has 0 fully saturated rings. The van der Waals surface area contributed by atoms with Gasteiger partial charge < -0.3 is 9.13 Å². The molecule has 0 saturated heterocycles. The molecule has 0 heterocycles. The minimum atomic E-state index is -0.809. The van der Waals surface area contributed by atoms with Gasteiger partial charge in [0, 0.05) is 14.1 Å². The maximum atomic E-state index is 9.97. The van der Waals surface area contributed by atoms with Crippen molar-refractivity contribution in [2.24, 2.45) is 0 Å². The highest BCUT2D eigenvalue weighted by molar-refractivity contribution is 6.34. The lowest BCUT2D eigenvalue weighted by molar-refractivity contribution is -0.115. The van der Waals surface area contributed by atoms with Crippen LogP contribution >= 0.6 is 0 Å². The van der Waals surface area contributed by atoms with Crippen molar-refractivity contribution in [3.05, 3.63) is 0 Å². The standard InChI is InChI=1S/C4H10N2O2Si/c1-5(3-7)9-6(2)4-8/h3-4H,9H2,1-2H3. The summed E-state index contributed by atoms with van der Waals surface area (Å²) < 4.78 is 3.02. The van der Waals surface area contributed by atoms with Crippen molar-refractivity contribution in [2.75, 3.05) is 14.1 Å². The molecule has 0 aromatic carbocycles. The van der Waals surface area contributed by atoms with Gasteiger partial charge in [0.1, 0.15) is 0 Å². The summed E-state index contributed by atoms with van der Waals surface area (Å²) in [5, 5.41) is 0. The largest absolute Gasteiger partial charge is 0.362 e. The SMILES string of the molecule is CN(C=O)[SiH2]N(C)C=O. The van der Waals surface area contributed by atoms with Crippen molar-refractivity contribution in [1.29, 1.82) is 0 Å². The summed E-state index contributed by atoms with van der Waals surface area (Å²) in [5.41, 5.74) is 0. The predicted octanol–water partition coefficient (Wildman–Crippen LogP) is -1.84. The Morgan fingerprint density at radius 1 is 1.11 bits per heavy atom. The van der Waals surface area contributed by atoms with E-state index in [2.05, 4.69) is 0 Å². The summed E-state index contributed by atoms with van der Waals surface area (Å²) in [7, 11) is 2.52. The summed E-state index contributed by atoms with van der Waals surface area (Å²) in [6, 6.07) is 0. The Bertz CT molecular complexity index is 96.7. The lowest BCUT2D eigenvalue weighted by Crippen LogP contribution is -2.35. The molecule has 4 nitrogen and oxygen atoms in total. The molecule has 0 bridgehead atoms. The second-order valence-electron chi connectivity index (χ2n) is 1.87. The molecule has 0 saturated carbocycles. The second-order valence-corrected chi connectivity index (χ2v) is 4.14. The van der Waals surface area contributed by atoms with Gasteiger partial charge in [-0.05, 0) is 0 Å². The van der Waals surface area contributed by atoms with Crippen LogP contribution in [-0.2, 0) is 9.59 Å². The quantitative estimate of drug-likeness (QED) is 0.345. The maximum Gasteiger partial charge on any atom is 0.234 e. The van der Waals surface area contributed by atoms with E-state index in [1.54, 1.807) is 14.1 Å². The normalized spacial score (nSPS) is 8.22. The zero-order valence-corrected chi connectivity index (χ0v) is 6.99. The van der Waals surface area contributed by atoms with Gasteiger partial charge in [-0.1, -0.05) is 0 Å². The van der Waals surface area contributed by atoms with Crippen molar-refractivity contribution in [2.45, 2.75) is 0 Å². The topological polar surface area (TPSA) is 40.6 Å². The van der Waals surface area contributed by atoms with E-state index in [4.69, 9.17) is 0 Å². The molecule has 0 aliphatic carbocycles. The molecular formula is C4H10N2O2Si. The first-order valence-corrected chi connectivity index (χ1v) is 3.78. The Morgan fingerprint density at radius 2 is 1.44 bits per heavy atom. The van der Waals surface area contributed by atoms with Gasteiger partial charge in [0.2, 0.25) is 22.7 Å². The molecule has 0 N–H and O–H groups in total. The van der Waals surface area contributed by atoms with Crippen LogP contribution in [0, 0.1) is 0 Å². The molecule has 52 valence electrons. The lowest BCUT2D eigenvalue weighted by atomic mass is 11.2. The summed E-state index contributed by atoms with van der Waals surface area (Å²) in [5.74, 6) is 0. The highest BCUT2D eigenvalue weighted by Crippen LogP contribution is 1.73. The fourth-order valence-electron chi connectivity index (χ4n) is 0.419. The third-order valence-electron chi connectivity index (χ3n) is 0.806. The Kier molecular flexibility index (Phi) is 3.70. The Hall–Kier alpha value is -0.843. The molecule has 0 radical (unpaired) electrons. The summed E-state index contributed by atoms with van der Waals surface area (Å²) in [4.78, 5) is 19.9. The van der Waals surface area contributed by atoms with Crippen LogP contribution in [0.15, 0.2) is 0 Å². The van der Waals surface area contributed by atoms with Crippen LogP contribution in [0.25, 0.3) is 0 Å². The fraction of sp³-hybridized carbons (Fsp3) is 0.500. The number of nitrogens with zero attached hydrogens (tertiary/aromatic N) is 2. The maximum absolute atomic E-state index is 9.97. The zero-order chi connectivity index (χ0) is 7.28. The van der Waals surface area contributed by atoms with Crippen LogP contribution in [-0.4, -0.2) is 45.9 Å². The van der Waals surface area contributed by atoms with Gasteiger partial charge in [-0.2, -0.15) is 0 Å². The highest BCUT2D eigenvalue weighted by Gasteiger charge is 1.96. The fourth-order valence-corrected chi connectivity index (χ4v) is 1.26. The molecular weight excluding hydrogens is 136 g/mol. The molecule has 9 heavy (non-hydrogen) atoms. The number of carbonyl (C=O) groups excluding carboxylic acids is 2. The Morgan fingerprint density at radius 3 is 1.67 bits per heavy atom. The molecule has 0 aromatic rings. The van der Waals surface area contributed by atoms with E-state index in [0.29, 0.717) is 0 Å². The number of rotatable bonds is 4. The van der Waals surface area contributed by atoms with Crippen molar-refractivity contribution in [3.8, 4) is 0 Å².